The first-order chi connectivity index (χ1) is 8.99. The second-order valence-electron chi connectivity index (χ2n) is 4.67. The first-order valence-electron chi connectivity index (χ1n) is 6.19. The molecule has 0 aliphatic heterocycles. The van der Waals surface area contributed by atoms with Gasteiger partial charge >= 0.3 is 0 Å². The predicted molar refractivity (Wildman–Crippen MR) is 75.9 cm³/mol. The molecule has 0 N–H and O–H groups in total. The van der Waals surface area contributed by atoms with E-state index in [2.05, 4.69) is 4.98 Å². The summed E-state index contributed by atoms with van der Waals surface area (Å²) in [5.41, 5.74) is 3.36. The molecule has 4 heteroatoms. The summed E-state index contributed by atoms with van der Waals surface area (Å²) in [5.74, 6) is 0.0916. The lowest BCUT2D eigenvalue weighted by Crippen LogP contribution is -2.11. The predicted octanol–water partition coefficient (Wildman–Crippen LogP) is 2.71. The molecule has 0 amide bonds. The van der Waals surface area contributed by atoms with Crippen LogP contribution >= 0.6 is 0 Å². The van der Waals surface area contributed by atoms with Gasteiger partial charge in [-0.05, 0) is 43.5 Å². The average molecular weight is 275 g/mol. The summed E-state index contributed by atoms with van der Waals surface area (Å²) in [6.45, 7) is 4.01. The smallest absolute Gasteiger partial charge is 0.195 e. The zero-order chi connectivity index (χ0) is 13.9. The van der Waals surface area contributed by atoms with Crippen molar-refractivity contribution in [2.75, 3.05) is 5.75 Å². The molecule has 0 atom stereocenters. The Morgan fingerprint density at radius 2 is 1.89 bits per heavy atom. The number of nitrogens with zero attached hydrogens (tertiary/aromatic N) is 1. The van der Waals surface area contributed by atoms with Gasteiger partial charge in [0, 0.05) is 6.20 Å². The minimum Gasteiger partial charge on any atom is -0.245 e. The maximum Gasteiger partial charge on any atom is 0.195 e. The van der Waals surface area contributed by atoms with E-state index in [9.17, 15) is 8.42 Å². The van der Waals surface area contributed by atoms with Crippen molar-refractivity contribution >= 4 is 9.84 Å². The summed E-state index contributed by atoms with van der Waals surface area (Å²) in [4.78, 5) is 3.91. The Bertz CT molecular complexity index is 664. The van der Waals surface area contributed by atoms with Gasteiger partial charge in [0.25, 0.3) is 0 Å². The maximum atomic E-state index is 12.1. The summed E-state index contributed by atoms with van der Waals surface area (Å²) in [6, 6.07) is 11.0. The van der Waals surface area contributed by atoms with Crippen LogP contribution in [0.2, 0.25) is 0 Å². The van der Waals surface area contributed by atoms with E-state index in [-0.39, 0.29) is 10.8 Å². The Kier molecular flexibility index (Phi) is 4.00. The molecule has 100 valence electrons. The van der Waals surface area contributed by atoms with Crippen molar-refractivity contribution in [1.82, 2.24) is 4.98 Å². The van der Waals surface area contributed by atoms with Gasteiger partial charge in [0.05, 0.1) is 5.75 Å². The van der Waals surface area contributed by atoms with E-state index in [1.54, 1.807) is 18.2 Å². The minimum atomic E-state index is -3.30. The number of hydrogen-bond donors (Lipinski definition) is 0. The molecular formula is C15H17NO2S. The first kappa shape index (κ1) is 13.7. The maximum absolute atomic E-state index is 12.1. The highest BCUT2D eigenvalue weighted by Crippen LogP contribution is 2.14. The molecule has 0 saturated heterocycles. The Balaban J connectivity index is 2.17. The number of rotatable bonds is 4. The van der Waals surface area contributed by atoms with E-state index in [0.29, 0.717) is 6.42 Å². The van der Waals surface area contributed by atoms with Crippen LogP contribution < -0.4 is 0 Å². The molecule has 19 heavy (non-hydrogen) atoms. The van der Waals surface area contributed by atoms with Gasteiger partial charge in [-0.15, -0.1) is 0 Å². The zero-order valence-electron chi connectivity index (χ0n) is 11.1. The van der Waals surface area contributed by atoms with Gasteiger partial charge in [-0.3, -0.25) is 0 Å². The zero-order valence-corrected chi connectivity index (χ0v) is 11.9. The molecule has 0 radical (unpaired) electrons. The molecule has 3 nitrogen and oxygen atoms in total. The summed E-state index contributed by atoms with van der Waals surface area (Å²) in [6.07, 6.45) is 2.03. The Morgan fingerprint density at radius 3 is 2.58 bits per heavy atom. The molecule has 1 aromatic heterocycles. The quantitative estimate of drug-likeness (QED) is 0.862. The normalized spacial score (nSPS) is 11.5. The van der Waals surface area contributed by atoms with E-state index < -0.39 is 9.84 Å². The number of sulfone groups is 1. The largest absolute Gasteiger partial charge is 0.245 e. The molecule has 2 aromatic rings. The van der Waals surface area contributed by atoms with Gasteiger partial charge in [0.1, 0.15) is 0 Å². The van der Waals surface area contributed by atoms with Gasteiger partial charge in [-0.1, -0.05) is 29.8 Å². The van der Waals surface area contributed by atoms with Gasteiger partial charge in [-0.25, -0.2) is 13.4 Å². The fraction of sp³-hybridized carbons (Fsp3) is 0.267. The van der Waals surface area contributed by atoms with Crippen LogP contribution in [0.3, 0.4) is 0 Å². The molecule has 0 aliphatic rings. The number of aryl methyl sites for hydroxylation is 3. The van der Waals surface area contributed by atoms with E-state index in [0.717, 1.165) is 16.7 Å². The fourth-order valence-corrected chi connectivity index (χ4v) is 3.15. The molecule has 1 aromatic carbocycles. The fourth-order valence-electron chi connectivity index (χ4n) is 1.95. The van der Waals surface area contributed by atoms with Crippen LogP contribution in [0.25, 0.3) is 0 Å². The molecule has 0 saturated carbocycles. The van der Waals surface area contributed by atoms with Gasteiger partial charge in [0.15, 0.2) is 14.9 Å². The van der Waals surface area contributed by atoms with Crippen LogP contribution in [-0.2, 0) is 16.3 Å². The van der Waals surface area contributed by atoms with Crippen molar-refractivity contribution in [3.8, 4) is 0 Å². The lowest BCUT2D eigenvalue weighted by molar-refractivity contribution is 0.591. The molecule has 0 aliphatic carbocycles. The number of benzene rings is 1. The lowest BCUT2D eigenvalue weighted by atomic mass is 10.0. The van der Waals surface area contributed by atoms with Crippen LogP contribution in [-0.4, -0.2) is 19.2 Å². The highest BCUT2D eigenvalue weighted by atomic mass is 32.2. The number of aromatic nitrogens is 1. The van der Waals surface area contributed by atoms with E-state index in [1.807, 2.05) is 32.0 Å². The van der Waals surface area contributed by atoms with Gasteiger partial charge in [0.2, 0.25) is 0 Å². The summed E-state index contributed by atoms with van der Waals surface area (Å²) < 4.78 is 24.3. The average Bonchev–Trinajstić information content (AvgIpc) is 2.41. The monoisotopic (exact) mass is 275 g/mol. The lowest BCUT2D eigenvalue weighted by Gasteiger charge is -2.07. The Morgan fingerprint density at radius 1 is 1.11 bits per heavy atom. The van der Waals surface area contributed by atoms with Gasteiger partial charge < -0.3 is 0 Å². The second-order valence-corrected chi connectivity index (χ2v) is 6.72. The minimum absolute atomic E-state index is 0.0916. The molecular weight excluding hydrogens is 258 g/mol. The summed E-state index contributed by atoms with van der Waals surface area (Å²) >= 11 is 0. The van der Waals surface area contributed by atoms with E-state index >= 15 is 0 Å². The van der Waals surface area contributed by atoms with Crippen molar-refractivity contribution in [2.24, 2.45) is 0 Å². The van der Waals surface area contributed by atoms with Crippen LogP contribution in [0.4, 0.5) is 0 Å². The molecule has 0 unspecified atom stereocenters. The van der Waals surface area contributed by atoms with Crippen molar-refractivity contribution in [2.45, 2.75) is 25.3 Å². The third kappa shape index (κ3) is 3.41. The molecule has 0 spiro atoms. The van der Waals surface area contributed by atoms with E-state index in [1.165, 1.54) is 6.20 Å². The highest BCUT2D eigenvalue weighted by molar-refractivity contribution is 7.91. The van der Waals surface area contributed by atoms with Crippen LogP contribution in [0, 0.1) is 13.8 Å². The van der Waals surface area contributed by atoms with Crippen molar-refractivity contribution < 1.29 is 8.42 Å². The number of hydrogen-bond acceptors (Lipinski definition) is 3. The van der Waals surface area contributed by atoms with Crippen molar-refractivity contribution in [1.29, 1.82) is 0 Å². The first-order valence-corrected chi connectivity index (χ1v) is 7.84. The summed E-state index contributed by atoms with van der Waals surface area (Å²) in [5, 5.41) is 0.153. The third-order valence-corrected chi connectivity index (χ3v) is 4.72. The van der Waals surface area contributed by atoms with Crippen molar-refractivity contribution in [3.63, 3.8) is 0 Å². The van der Waals surface area contributed by atoms with Crippen LogP contribution in [0.15, 0.2) is 47.6 Å². The molecule has 0 bridgehead atoms. The van der Waals surface area contributed by atoms with Crippen molar-refractivity contribution in [3.05, 3.63) is 59.3 Å². The second kappa shape index (κ2) is 5.53. The molecule has 0 fully saturated rings. The SMILES string of the molecule is Cc1ccc(C)c(CCS(=O)(=O)c2ccccn2)c1. The standard InChI is InChI=1S/C15H17NO2S/c1-12-6-7-13(2)14(11-12)8-10-19(17,18)15-5-3-4-9-16-15/h3-7,9,11H,8,10H2,1-2H3. The van der Waals surface area contributed by atoms with Crippen LogP contribution in [0.1, 0.15) is 16.7 Å². The molecule has 2 rings (SSSR count). The Hall–Kier alpha value is -1.68. The van der Waals surface area contributed by atoms with E-state index in [4.69, 9.17) is 0 Å². The van der Waals surface area contributed by atoms with Gasteiger partial charge in [-0.2, -0.15) is 0 Å². The Labute approximate surface area is 114 Å². The summed E-state index contributed by atoms with van der Waals surface area (Å²) in [7, 11) is -3.30. The topological polar surface area (TPSA) is 47.0 Å². The molecule has 1 heterocycles. The number of pyridine rings is 1. The highest BCUT2D eigenvalue weighted by Gasteiger charge is 2.15. The van der Waals surface area contributed by atoms with Crippen LogP contribution in [0.5, 0.6) is 0 Å². The third-order valence-electron chi connectivity index (χ3n) is 3.10.